The molecule has 1 amide bonds. The molecule has 6 nitrogen and oxygen atoms in total. The maximum Gasteiger partial charge on any atom is 0.261 e. The molecule has 0 radical (unpaired) electrons. The number of quaternary nitrogens is 1. The standard InChI is InChI=1S/C17H19Cl2N3O3S/c1-22(2)9-8-20-17(23)12-4-3-5-14(10-12)26(24,25)21-16-11-13(18)6-7-15(16)19/h3-7,10-11,21H,8-9H2,1-2H3,(H,20,23)/p+1. The van der Waals surface area contributed by atoms with E-state index in [0.29, 0.717) is 11.6 Å². The molecular weight excluding hydrogens is 397 g/mol. The van der Waals surface area contributed by atoms with Crippen molar-refractivity contribution in [1.29, 1.82) is 0 Å². The SMILES string of the molecule is C[NH+](C)CCNC(=O)c1cccc(S(=O)(=O)Nc2cc(Cl)ccc2Cl)c1. The van der Waals surface area contributed by atoms with Gasteiger partial charge in [-0.05, 0) is 36.4 Å². The molecule has 0 bridgehead atoms. The molecule has 0 aromatic heterocycles. The van der Waals surface area contributed by atoms with E-state index in [2.05, 4.69) is 10.0 Å². The zero-order chi connectivity index (χ0) is 19.3. The molecule has 2 rings (SSSR count). The Morgan fingerprint density at radius 2 is 1.85 bits per heavy atom. The van der Waals surface area contributed by atoms with Crippen LogP contribution < -0.4 is 14.9 Å². The Labute approximate surface area is 163 Å². The fourth-order valence-corrected chi connectivity index (χ4v) is 3.62. The van der Waals surface area contributed by atoms with Crippen molar-refractivity contribution in [2.45, 2.75) is 4.90 Å². The van der Waals surface area contributed by atoms with Crippen molar-refractivity contribution < 1.29 is 18.1 Å². The highest BCUT2D eigenvalue weighted by molar-refractivity contribution is 7.92. The van der Waals surface area contributed by atoms with Crippen LogP contribution in [0.5, 0.6) is 0 Å². The van der Waals surface area contributed by atoms with E-state index >= 15 is 0 Å². The molecule has 26 heavy (non-hydrogen) atoms. The quantitative estimate of drug-likeness (QED) is 0.641. The second-order valence-electron chi connectivity index (χ2n) is 5.97. The number of sulfonamides is 1. The number of likely N-dealkylation sites (N-methyl/N-ethyl adjacent to an activating group) is 1. The summed E-state index contributed by atoms with van der Waals surface area (Å²) in [5.74, 6) is -0.330. The number of hydrogen-bond acceptors (Lipinski definition) is 3. The molecule has 9 heteroatoms. The lowest BCUT2D eigenvalue weighted by atomic mass is 10.2. The third-order valence-electron chi connectivity index (χ3n) is 3.49. The van der Waals surface area contributed by atoms with Crippen LogP contribution in [0, 0.1) is 0 Å². The second kappa shape index (κ2) is 8.73. The molecule has 0 saturated heterocycles. The number of carbonyl (C=O) groups is 1. The predicted molar refractivity (Wildman–Crippen MR) is 104 cm³/mol. The van der Waals surface area contributed by atoms with Crippen LogP contribution in [0.3, 0.4) is 0 Å². The van der Waals surface area contributed by atoms with Crippen LogP contribution in [-0.4, -0.2) is 41.5 Å². The van der Waals surface area contributed by atoms with Crippen molar-refractivity contribution in [1.82, 2.24) is 5.32 Å². The molecule has 0 aliphatic rings. The Balaban J connectivity index is 2.19. The Bertz CT molecular complexity index is 902. The van der Waals surface area contributed by atoms with E-state index in [1.165, 1.54) is 35.2 Å². The number of benzene rings is 2. The lowest BCUT2D eigenvalue weighted by Gasteiger charge is -2.12. The zero-order valence-electron chi connectivity index (χ0n) is 14.3. The lowest BCUT2D eigenvalue weighted by molar-refractivity contribution is -0.856. The number of nitrogens with one attached hydrogen (secondary N) is 3. The summed E-state index contributed by atoms with van der Waals surface area (Å²) in [4.78, 5) is 13.3. The molecule has 0 unspecified atom stereocenters. The van der Waals surface area contributed by atoms with Gasteiger partial charge in [0.2, 0.25) is 0 Å². The summed E-state index contributed by atoms with van der Waals surface area (Å²) >= 11 is 11.9. The first-order chi connectivity index (χ1) is 12.2. The van der Waals surface area contributed by atoms with Gasteiger partial charge < -0.3 is 10.2 Å². The molecule has 3 N–H and O–H groups in total. The summed E-state index contributed by atoms with van der Waals surface area (Å²) in [6, 6.07) is 10.3. The largest absolute Gasteiger partial charge is 0.346 e. The van der Waals surface area contributed by atoms with Gasteiger partial charge in [-0.1, -0.05) is 29.3 Å². The van der Waals surface area contributed by atoms with Crippen LogP contribution in [0.4, 0.5) is 5.69 Å². The predicted octanol–water partition coefficient (Wildman–Crippen LogP) is 1.67. The third-order valence-corrected chi connectivity index (χ3v) is 5.42. The van der Waals surface area contributed by atoms with Gasteiger partial charge in [-0.15, -0.1) is 0 Å². The van der Waals surface area contributed by atoms with Crippen LogP contribution in [0.1, 0.15) is 10.4 Å². The maximum atomic E-state index is 12.6. The van der Waals surface area contributed by atoms with Crippen LogP contribution in [-0.2, 0) is 10.0 Å². The van der Waals surface area contributed by atoms with Gasteiger partial charge in [0.05, 0.1) is 42.8 Å². The normalized spacial score (nSPS) is 11.4. The Kier molecular flexibility index (Phi) is 6.88. The molecular formula is C17H20Cl2N3O3S+. The minimum atomic E-state index is -3.92. The van der Waals surface area contributed by atoms with E-state index in [-0.39, 0.29) is 27.1 Å². The average Bonchev–Trinajstić information content (AvgIpc) is 2.57. The first kappa shape index (κ1) is 20.5. The Hall–Kier alpha value is -1.80. The van der Waals surface area contributed by atoms with Crippen molar-refractivity contribution in [2.75, 3.05) is 31.9 Å². The molecule has 0 aliphatic heterocycles. The monoisotopic (exact) mass is 416 g/mol. The summed E-state index contributed by atoms with van der Waals surface area (Å²) in [5, 5.41) is 3.33. The summed E-state index contributed by atoms with van der Waals surface area (Å²) in [5.41, 5.74) is 0.432. The van der Waals surface area contributed by atoms with Crippen molar-refractivity contribution in [3.8, 4) is 0 Å². The maximum absolute atomic E-state index is 12.6. The molecule has 0 atom stereocenters. The number of hydrogen-bond donors (Lipinski definition) is 3. The number of rotatable bonds is 7. The van der Waals surface area contributed by atoms with E-state index in [4.69, 9.17) is 23.2 Å². The number of halogens is 2. The molecule has 0 saturated carbocycles. The fourth-order valence-electron chi connectivity index (χ4n) is 2.11. The third kappa shape index (κ3) is 5.60. The summed E-state index contributed by atoms with van der Waals surface area (Å²) in [7, 11) is 0.0366. The minimum Gasteiger partial charge on any atom is -0.346 e. The van der Waals surface area contributed by atoms with E-state index in [9.17, 15) is 13.2 Å². The summed E-state index contributed by atoms with van der Waals surface area (Å²) in [6.45, 7) is 1.26. The first-order valence-electron chi connectivity index (χ1n) is 7.84. The molecule has 0 fully saturated rings. The topological polar surface area (TPSA) is 79.7 Å². The number of carbonyl (C=O) groups excluding carboxylic acids is 1. The number of amides is 1. The van der Waals surface area contributed by atoms with E-state index in [1.807, 2.05) is 14.1 Å². The zero-order valence-corrected chi connectivity index (χ0v) is 16.7. The summed E-state index contributed by atoms with van der Waals surface area (Å²) < 4.78 is 27.6. The van der Waals surface area contributed by atoms with Crippen LogP contribution >= 0.6 is 23.2 Å². The van der Waals surface area contributed by atoms with E-state index in [0.717, 1.165) is 6.54 Å². The molecule has 2 aromatic rings. The van der Waals surface area contributed by atoms with E-state index in [1.54, 1.807) is 12.1 Å². The number of anilines is 1. The van der Waals surface area contributed by atoms with Gasteiger partial charge in [0.25, 0.3) is 15.9 Å². The molecule has 0 spiro atoms. The van der Waals surface area contributed by atoms with Gasteiger partial charge in [-0.25, -0.2) is 8.42 Å². The van der Waals surface area contributed by atoms with Crippen molar-refractivity contribution in [2.24, 2.45) is 0 Å². The first-order valence-corrected chi connectivity index (χ1v) is 10.1. The highest BCUT2D eigenvalue weighted by atomic mass is 35.5. The molecule has 140 valence electrons. The van der Waals surface area contributed by atoms with Crippen LogP contribution in [0.2, 0.25) is 10.0 Å². The smallest absolute Gasteiger partial charge is 0.261 e. The highest BCUT2D eigenvalue weighted by Crippen LogP contribution is 2.27. The van der Waals surface area contributed by atoms with Crippen LogP contribution in [0.15, 0.2) is 47.4 Å². The van der Waals surface area contributed by atoms with Gasteiger partial charge in [0.15, 0.2) is 0 Å². The molecule has 0 heterocycles. The van der Waals surface area contributed by atoms with Crippen LogP contribution in [0.25, 0.3) is 0 Å². The van der Waals surface area contributed by atoms with Gasteiger partial charge in [0, 0.05) is 10.6 Å². The van der Waals surface area contributed by atoms with Gasteiger partial charge in [0.1, 0.15) is 0 Å². The molecule has 0 aliphatic carbocycles. The van der Waals surface area contributed by atoms with E-state index < -0.39 is 10.0 Å². The van der Waals surface area contributed by atoms with Gasteiger partial charge >= 0.3 is 0 Å². The second-order valence-corrected chi connectivity index (χ2v) is 8.50. The minimum absolute atomic E-state index is 0.0422. The van der Waals surface area contributed by atoms with Crippen molar-refractivity contribution in [3.63, 3.8) is 0 Å². The average molecular weight is 417 g/mol. The Morgan fingerprint density at radius 3 is 2.54 bits per heavy atom. The summed E-state index contributed by atoms with van der Waals surface area (Å²) in [6.07, 6.45) is 0. The fraction of sp³-hybridized carbons (Fsp3) is 0.235. The Morgan fingerprint density at radius 1 is 1.12 bits per heavy atom. The van der Waals surface area contributed by atoms with Gasteiger partial charge in [-0.2, -0.15) is 0 Å². The van der Waals surface area contributed by atoms with Crippen molar-refractivity contribution >= 4 is 44.8 Å². The van der Waals surface area contributed by atoms with Gasteiger partial charge in [-0.3, -0.25) is 9.52 Å². The lowest BCUT2D eigenvalue weighted by Crippen LogP contribution is -3.06. The molecule has 2 aromatic carbocycles. The highest BCUT2D eigenvalue weighted by Gasteiger charge is 2.18. The van der Waals surface area contributed by atoms with Crippen molar-refractivity contribution in [3.05, 3.63) is 58.1 Å².